The van der Waals surface area contributed by atoms with Gasteiger partial charge < -0.3 is 9.32 Å². The quantitative estimate of drug-likeness (QED) is 0.499. The molecule has 2 aromatic carbocycles. The largest absolute Gasteiger partial charge is 0.422 e. The molecule has 1 fully saturated rings. The van der Waals surface area contributed by atoms with E-state index in [1.165, 1.54) is 6.42 Å². The summed E-state index contributed by atoms with van der Waals surface area (Å²) in [7, 11) is 0. The van der Waals surface area contributed by atoms with E-state index in [0.717, 1.165) is 40.9 Å². The van der Waals surface area contributed by atoms with Crippen molar-refractivity contribution >= 4 is 16.7 Å². The number of benzene rings is 2. The number of hydrogen-bond donors (Lipinski definition) is 0. The fourth-order valence-corrected chi connectivity index (χ4v) is 3.66. The highest BCUT2D eigenvalue weighted by Gasteiger charge is 2.18. The number of hydrogen-bond acceptors (Lipinski definition) is 7. The summed E-state index contributed by atoms with van der Waals surface area (Å²) in [5.41, 5.74) is 4.30. The lowest BCUT2D eigenvalue weighted by molar-refractivity contribution is 0.561. The van der Waals surface area contributed by atoms with Crippen molar-refractivity contribution in [2.24, 2.45) is 0 Å². The van der Waals surface area contributed by atoms with Crippen molar-refractivity contribution in [2.45, 2.75) is 20.3 Å². The van der Waals surface area contributed by atoms with Crippen LogP contribution in [0.2, 0.25) is 0 Å². The molecule has 0 unspecified atom stereocenters. The SMILES string of the molecule is Cc1nnc(-c2cccc(-c3c(C)c4ccc(N5CCC5)cc4oc3=O)c2)nn1. The van der Waals surface area contributed by atoms with E-state index in [1.54, 1.807) is 6.92 Å². The minimum absolute atomic E-state index is 0.353. The van der Waals surface area contributed by atoms with Crippen LogP contribution in [0.5, 0.6) is 0 Å². The summed E-state index contributed by atoms with van der Waals surface area (Å²) in [6.45, 7) is 5.78. The number of rotatable bonds is 3. The van der Waals surface area contributed by atoms with E-state index >= 15 is 0 Å². The molecule has 0 N–H and O–H groups in total. The smallest absolute Gasteiger partial charge is 0.344 e. The summed E-state index contributed by atoms with van der Waals surface area (Å²) >= 11 is 0. The van der Waals surface area contributed by atoms with Gasteiger partial charge in [0.1, 0.15) is 5.58 Å². The van der Waals surface area contributed by atoms with E-state index in [-0.39, 0.29) is 5.63 Å². The molecule has 0 amide bonds. The molecule has 0 aliphatic carbocycles. The summed E-state index contributed by atoms with van der Waals surface area (Å²) in [4.78, 5) is 15.1. The van der Waals surface area contributed by atoms with Crippen LogP contribution in [0, 0.1) is 13.8 Å². The van der Waals surface area contributed by atoms with E-state index in [1.807, 2.05) is 43.3 Å². The first-order valence-corrected chi connectivity index (χ1v) is 9.57. The van der Waals surface area contributed by atoms with Gasteiger partial charge in [0.25, 0.3) is 0 Å². The molecule has 0 saturated carbocycles. The monoisotopic (exact) mass is 385 g/mol. The number of nitrogens with zero attached hydrogens (tertiary/aromatic N) is 5. The van der Waals surface area contributed by atoms with Crippen molar-refractivity contribution in [1.29, 1.82) is 0 Å². The van der Waals surface area contributed by atoms with Gasteiger partial charge in [-0.15, -0.1) is 20.4 Å². The molecule has 5 rings (SSSR count). The molecule has 1 saturated heterocycles. The molecule has 144 valence electrons. The van der Waals surface area contributed by atoms with Crippen LogP contribution in [0.4, 0.5) is 5.69 Å². The van der Waals surface area contributed by atoms with Crippen molar-refractivity contribution in [3.63, 3.8) is 0 Å². The lowest BCUT2D eigenvalue weighted by atomic mass is 9.97. The van der Waals surface area contributed by atoms with Crippen LogP contribution in [0.25, 0.3) is 33.5 Å². The van der Waals surface area contributed by atoms with Crippen molar-refractivity contribution in [3.05, 3.63) is 64.3 Å². The van der Waals surface area contributed by atoms with Gasteiger partial charge in [0.15, 0.2) is 5.82 Å². The maximum Gasteiger partial charge on any atom is 0.344 e. The Bertz CT molecular complexity index is 1280. The number of fused-ring (bicyclic) bond motifs is 1. The van der Waals surface area contributed by atoms with Crippen molar-refractivity contribution < 1.29 is 4.42 Å². The number of anilines is 1. The third-order valence-corrected chi connectivity index (χ3v) is 5.36. The average molecular weight is 385 g/mol. The van der Waals surface area contributed by atoms with Crippen LogP contribution in [0.1, 0.15) is 17.8 Å². The number of aryl methyl sites for hydroxylation is 2. The van der Waals surface area contributed by atoms with Crippen molar-refractivity contribution in [3.8, 4) is 22.5 Å². The fraction of sp³-hybridized carbons (Fsp3) is 0.227. The van der Waals surface area contributed by atoms with Gasteiger partial charge in [-0.05, 0) is 49.6 Å². The molecule has 0 atom stereocenters. The lowest BCUT2D eigenvalue weighted by Gasteiger charge is -2.33. The Hall–Kier alpha value is -3.61. The van der Waals surface area contributed by atoms with Crippen LogP contribution in [-0.2, 0) is 0 Å². The third-order valence-electron chi connectivity index (χ3n) is 5.36. The fourth-order valence-electron chi connectivity index (χ4n) is 3.66. The van der Waals surface area contributed by atoms with Crippen LogP contribution in [-0.4, -0.2) is 33.5 Å². The van der Waals surface area contributed by atoms with Gasteiger partial charge >= 0.3 is 5.63 Å². The van der Waals surface area contributed by atoms with Gasteiger partial charge in [-0.2, -0.15) is 0 Å². The molecule has 2 aromatic heterocycles. The minimum Gasteiger partial charge on any atom is -0.422 e. The second-order valence-corrected chi connectivity index (χ2v) is 7.26. The van der Waals surface area contributed by atoms with Crippen molar-refractivity contribution in [2.75, 3.05) is 18.0 Å². The van der Waals surface area contributed by atoms with Gasteiger partial charge in [-0.3, -0.25) is 0 Å². The first-order chi connectivity index (χ1) is 14.1. The maximum atomic E-state index is 12.9. The number of aromatic nitrogens is 4. The van der Waals surface area contributed by atoms with E-state index < -0.39 is 0 Å². The predicted molar refractivity (Wildman–Crippen MR) is 111 cm³/mol. The zero-order valence-electron chi connectivity index (χ0n) is 16.2. The molecule has 7 nitrogen and oxygen atoms in total. The highest BCUT2D eigenvalue weighted by molar-refractivity contribution is 5.89. The van der Waals surface area contributed by atoms with E-state index in [9.17, 15) is 4.79 Å². The van der Waals surface area contributed by atoms with Crippen LogP contribution in [0.15, 0.2) is 51.7 Å². The lowest BCUT2D eigenvalue weighted by Crippen LogP contribution is -2.36. The Balaban J connectivity index is 1.62. The summed E-state index contributed by atoms with van der Waals surface area (Å²) in [6, 6.07) is 13.6. The Morgan fingerprint density at radius 3 is 2.41 bits per heavy atom. The Morgan fingerprint density at radius 1 is 0.931 bits per heavy atom. The van der Waals surface area contributed by atoms with Gasteiger partial charge in [0.2, 0.25) is 5.82 Å². The van der Waals surface area contributed by atoms with Crippen LogP contribution >= 0.6 is 0 Å². The molecule has 0 spiro atoms. The zero-order valence-corrected chi connectivity index (χ0v) is 16.2. The summed E-state index contributed by atoms with van der Waals surface area (Å²) < 4.78 is 5.71. The molecule has 0 radical (unpaired) electrons. The first-order valence-electron chi connectivity index (χ1n) is 9.57. The Labute approximate surface area is 167 Å². The molecule has 4 aromatic rings. The molecule has 29 heavy (non-hydrogen) atoms. The van der Waals surface area contributed by atoms with E-state index in [0.29, 0.717) is 22.8 Å². The highest BCUT2D eigenvalue weighted by Crippen LogP contribution is 2.31. The molecule has 1 aliphatic heterocycles. The Kier molecular flexibility index (Phi) is 4.08. The summed E-state index contributed by atoms with van der Waals surface area (Å²) in [5.74, 6) is 0.924. The van der Waals surface area contributed by atoms with Gasteiger partial charge in [0.05, 0.1) is 5.56 Å². The average Bonchev–Trinajstić information content (AvgIpc) is 2.67. The third kappa shape index (κ3) is 3.04. The molecule has 7 heteroatoms. The van der Waals surface area contributed by atoms with Gasteiger partial charge in [-0.1, -0.05) is 18.2 Å². The molecule has 3 heterocycles. The Morgan fingerprint density at radius 2 is 1.69 bits per heavy atom. The topological polar surface area (TPSA) is 85.0 Å². The van der Waals surface area contributed by atoms with Crippen LogP contribution < -0.4 is 10.5 Å². The summed E-state index contributed by atoms with van der Waals surface area (Å²) in [6.07, 6.45) is 1.20. The van der Waals surface area contributed by atoms with E-state index in [4.69, 9.17) is 4.42 Å². The highest BCUT2D eigenvalue weighted by atomic mass is 16.4. The molecule has 1 aliphatic rings. The summed E-state index contributed by atoms with van der Waals surface area (Å²) in [5, 5.41) is 17.0. The van der Waals surface area contributed by atoms with Crippen molar-refractivity contribution in [1.82, 2.24) is 20.4 Å². The zero-order chi connectivity index (χ0) is 20.0. The predicted octanol–water partition coefficient (Wildman–Crippen LogP) is 3.53. The van der Waals surface area contributed by atoms with E-state index in [2.05, 4.69) is 31.4 Å². The van der Waals surface area contributed by atoms with Crippen LogP contribution in [0.3, 0.4) is 0 Å². The first kappa shape index (κ1) is 17.5. The minimum atomic E-state index is -0.353. The van der Waals surface area contributed by atoms with Gasteiger partial charge in [0, 0.05) is 35.8 Å². The maximum absolute atomic E-state index is 12.9. The second kappa shape index (κ2) is 6.77. The molecule has 0 bridgehead atoms. The molecular formula is C22H19N5O2. The van der Waals surface area contributed by atoms with Gasteiger partial charge in [-0.25, -0.2) is 4.79 Å². The standard InChI is InChI=1S/C22H19N5O2/c1-13-18-8-7-17(27-9-4-10-27)12-19(18)29-22(28)20(13)15-5-3-6-16(11-15)21-25-23-14(2)24-26-21/h3,5-8,11-12H,4,9-10H2,1-2H3. The molecular weight excluding hydrogens is 366 g/mol. The normalized spacial score (nSPS) is 13.5. The second-order valence-electron chi connectivity index (χ2n) is 7.26.